The van der Waals surface area contributed by atoms with Gasteiger partial charge < -0.3 is 14.7 Å². The first kappa shape index (κ1) is 18.5. The summed E-state index contributed by atoms with van der Waals surface area (Å²) in [7, 11) is 1.59. The van der Waals surface area contributed by atoms with E-state index in [9.17, 15) is 9.59 Å². The van der Waals surface area contributed by atoms with Crippen LogP contribution in [-0.2, 0) is 16.0 Å². The van der Waals surface area contributed by atoms with Crippen LogP contribution in [0.5, 0.6) is 0 Å². The number of aryl methyl sites for hydroxylation is 1. The van der Waals surface area contributed by atoms with Gasteiger partial charge in [0.25, 0.3) is 5.91 Å². The number of hydrogen-bond donors (Lipinski definition) is 1. The van der Waals surface area contributed by atoms with Gasteiger partial charge in [-0.1, -0.05) is 30.3 Å². The number of rotatable bonds is 6. The highest BCUT2D eigenvalue weighted by Gasteiger charge is 2.38. The monoisotopic (exact) mass is 374 g/mol. The summed E-state index contributed by atoms with van der Waals surface area (Å²) in [6.45, 7) is 2.24. The summed E-state index contributed by atoms with van der Waals surface area (Å²) in [4.78, 5) is 30.9. The van der Waals surface area contributed by atoms with Crippen molar-refractivity contribution in [2.24, 2.45) is 0 Å². The topological polar surface area (TPSA) is 79.7 Å². The van der Waals surface area contributed by atoms with Gasteiger partial charge in [-0.15, -0.1) is 11.3 Å². The summed E-state index contributed by atoms with van der Waals surface area (Å²) in [5.74, 6) is -1.06. The van der Waals surface area contributed by atoms with Crippen molar-refractivity contribution in [2.45, 2.75) is 38.3 Å². The lowest BCUT2D eigenvalue weighted by Crippen LogP contribution is -2.37. The van der Waals surface area contributed by atoms with Crippen molar-refractivity contribution in [1.29, 1.82) is 0 Å². The standard InChI is InChI=1S/C19H22N2O4S/c1-12-18(26-16(20-12)8-13-6-4-3-5-7-13)19(24)21-11-15(25-2)9-14(21)10-17(22)23/h3-7,14-15H,8-11H2,1-2H3,(H,22,23). The molecular formula is C19H22N2O4S. The summed E-state index contributed by atoms with van der Waals surface area (Å²) in [5.41, 5.74) is 1.84. The molecule has 26 heavy (non-hydrogen) atoms. The Morgan fingerprint density at radius 2 is 2.08 bits per heavy atom. The van der Waals surface area contributed by atoms with Crippen LogP contribution in [-0.4, -0.2) is 52.7 Å². The van der Waals surface area contributed by atoms with E-state index in [-0.39, 0.29) is 24.5 Å². The smallest absolute Gasteiger partial charge is 0.305 e. The van der Waals surface area contributed by atoms with Crippen molar-refractivity contribution < 1.29 is 19.4 Å². The highest BCUT2D eigenvalue weighted by molar-refractivity contribution is 7.13. The van der Waals surface area contributed by atoms with Crippen LogP contribution in [0.25, 0.3) is 0 Å². The van der Waals surface area contributed by atoms with Crippen molar-refractivity contribution in [3.8, 4) is 0 Å². The minimum absolute atomic E-state index is 0.0691. The molecule has 1 N–H and O–H groups in total. The molecule has 1 aliphatic heterocycles. The van der Waals surface area contributed by atoms with E-state index >= 15 is 0 Å². The van der Waals surface area contributed by atoms with Crippen molar-refractivity contribution in [2.75, 3.05) is 13.7 Å². The first-order valence-corrected chi connectivity index (χ1v) is 9.35. The average molecular weight is 374 g/mol. The van der Waals surface area contributed by atoms with Crippen molar-refractivity contribution >= 4 is 23.2 Å². The first-order valence-electron chi connectivity index (χ1n) is 8.53. The molecule has 0 radical (unpaired) electrons. The fraction of sp³-hybridized carbons (Fsp3) is 0.421. The zero-order valence-electron chi connectivity index (χ0n) is 14.8. The van der Waals surface area contributed by atoms with Crippen LogP contribution >= 0.6 is 11.3 Å². The Kier molecular flexibility index (Phi) is 5.68. The predicted octanol–water partition coefficient (Wildman–Crippen LogP) is 2.75. The quantitative estimate of drug-likeness (QED) is 0.841. The number of carbonyl (C=O) groups is 2. The second-order valence-electron chi connectivity index (χ2n) is 6.49. The summed E-state index contributed by atoms with van der Waals surface area (Å²) < 4.78 is 5.35. The van der Waals surface area contributed by atoms with Crippen LogP contribution in [0.4, 0.5) is 0 Å². The van der Waals surface area contributed by atoms with Gasteiger partial charge in [0.15, 0.2) is 0 Å². The maximum Gasteiger partial charge on any atom is 0.305 e. The van der Waals surface area contributed by atoms with E-state index in [0.29, 0.717) is 30.0 Å². The number of carboxylic acids is 1. The minimum atomic E-state index is -0.907. The number of amides is 1. The minimum Gasteiger partial charge on any atom is -0.481 e. The van der Waals surface area contributed by atoms with Crippen molar-refractivity contribution in [3.05, 3.63) is 51.5 Å². The number of aliphatic carboxylic acids is 1. The Bertz CT molecular complexity index is 790. The first-order chi connectivity index (χ1) is 12.5. The van der Waals surface area contributed by atoms with E-state index < -0.39 is 5.97 Å². The number of carboxylic acid groups (broad SMARTS) is 1. The van der Waals surface area contributed by atoms with Gasteiger partial charge in [0.2, 0.25) is 0 Å². The number of hydrogen-bond acceptors (Lipinski definition) is 5. The molecule has 1 saturated heterocycles. The third-order valence-corrected chi connectivity index (χ3v) is 5.76. The number of carbonyl (C=O) groups excluding carboxylic acids is 1. The summed E-state index contributed by atoms with van der Waals surface area (Å²) in [6, 6.07) is 9.65. The van der Waals surface area contributed by atoms with Crippen LogP contribution in [0, 0.1) is 6.92 Å². The van der Waals surface area contributed by atoms with E-state index in [4.69, 9.17) is 9.84 Å². The molecule has 0 saturated carbocycles. The third kappa shape index (κ3) is 4.11. The number of thiazole rings is 1. The zero-order valence-corrected chi connectivity index (χ0v) is 15.7. The number of methoxy groups -OCH3 is 1. The van der Waals surface area contributed by atoms with Crippen molar-refractivity contribution in [3.63, 3.8) is 0 Å². The van der Waals surface area contributed by atoms with Gasteiger partial charge in [-0.25, -0.2) is 4.98 Å². The Morgan fingerprint density at radius 1 is 1.35 bits per heavy atom. The lowest BCUT2D eigenvalue weighted by atomic mass is 10.1. The Morgan fingerprint density at radius 3 is 2.73 bits per heavy atom. The number of benzene rings is 1. The van der Waals surface area contributed by atoms with Crippen LogP contribution < -0.4 is 0 Å². The molecule has 1 amide bonds. The number of ether oxygens (including phenoxy) is 1. The fourth-order valence-electron chi connectivity index (χ4n) is 3.32. The molecule has 0 aliphatic carbocycles. The maximum atomic E-state index is 13.0. The third-order valence-electron chi connectivity index (χ3n) is 4.61. The predicted molar refractivity (Wildman–Crippen MR) is 98.6 cm³/mol. The van der Waals surface area contributed by atoms with Gasteiger partial charge in [-0.05, 0) is 18.9 Å². The van der Waals surface area contributed by atoms with E-state index in [0.717, 1.165) is 10.6 Å². The van der Waals surface area contributed by atoms with Crippen LogP contribution in [0.2, 0.25) is 0 Å². The van der Waals surface area contributed by atoms with Crippen LogP contribution in [0.1, 0.15) is 38.8 Å². The molecule has 138 valence electrons. The molecule has 3 rings (SSSR count). The molecular weight excluding hydrogens is 352 g/mol. The number of likely N-dealkylation sites (tertiary alicyclic amines) is 1. The summed E-state index contributed by atoms with van der Waals surface area (Å²) in [5, 5.41) is 10.0. The maximum absolute atomic E-state index is 13.0. The zero-order chi connectivity index (χ0) is 18.7. The van der Waals surface area contributed by atoms with Gasteiger partial charge in [0.05, 0.1) is 23.2 Å². The Balaban J connectivity index is 1.79. The van der Waals surface area contributed by atoms with Crippen molar-refractivity contribution in [1.82, 2.24) is 9.88 Å². The van der Waals surface area contributed by atoms with Crippen LogP contribution in [0.3, 0.4) is 0 Å². The molecule has 1 aliphatic rings. The number of nitrogens with zero attached hydrogens (tertiary/aromatic N) is 2. The van der Waals surface area contributed by atoms with Gasteiger partial charge in [-0.2, -0.15) is 0 Å². The average Bonchev–Trinajstić information content (AvgIpc) is 3.18. The molecule has 0 bridgehead atoms. The van der Waals surface area contributed by atoms with Crippen LogP contribution in [0.15, 0.2) is 30.3 Å². The summed E-state index contributed by atoms with van der Waals surface area (Å²) in [6.07, 6.45) is 1.03. The second-order valence-corrected chi connectivity index (χ2v) is 7.57. The normalized spacial score (nSPS) is 19.7. The molecule has 1 fully saturated rings. The SMILES string of the molecule is COC1CC(CC(=O)O)N(C(=O)c2sc(Cc3ccccc3)nc2C)C1. The van der Waals surface area contributed by atoms with E-state index in [2.05, 4.69) is 4.98 Å². The summed E-state index contributed by atoms with van der Waals surface area (Å²) >= 11 is 1.39. The van der Waals surface area contributed by atoms with Gasteiger partial charge in [0.1, 0.15) is 4.88 Å². The largest absolute Gasteiger partial charge is 0.481 e. The molecule has 0 spiro atoms. The molecule has 2 atom stereocenters. The second kappa shape index (κ2) is 7.97. The van der Waals surface area contributed by atoms with Gasteiger partial charge in [0, 0.05) is 26.1 Å². The van der Waals surface area contributed by atoms with E-state index in [1.807, 2.05) is 37.3 Å². The lowest BCUT2D eigenvalue weighted by molar-refractivity contribution is -0.137. The Labute approximate surface area is 156 Å². The molecule has 7 heteroatoms. The molecule has 2 heterocycles. The number of aromatic nitrogens is 1. The highest BCUT2D eigenvalue weighted by Crippen LogP contribution is 2.28. The lowest BCUT2D eigenvalue weighted by Gasteiger charge is -2.22. The Hall–Kier alpha value is -2.25. The van der Waals surface area contributed by atoms with E-state index in [1.165, 1.54) is 11.3 Å². The van der Waals surface area contributed by atoms with Gasteiger partial charge >= 0.3 is 5.97 Å². The molecule has 1 aromatic heterocycles. The van der Waals surface area contributed by atoms with E-state index in [1.54, 1.807) is 12.0 Å². The van der Waals surface area contributed by atoms with Gasteiger partial charge in [-0.3, -0.25) is 9.59 Å². The highest BCUT2D eigenvalue weighted by atomic mass is 32.1. The fourth-order valence-corrected chi connectivity index (χ4v) is 4.37. The molecule has 6 nitrogen and oxygen atoms in total. The molecule has 1 aromatic carbocycles. The molecule has 2 unspecified atom stereocenters. The molecule has 2 aromatic rings.